The zero-order valence-electron chi connectivity index (χ0n) is 10.8. The third kappa shape index (κ3) is 3.23. The molecule has 0 saturated heterocycles. The first-order valence-electron chi connectivity index (χ1n) is 6.24. The number of nitrogens with one attached hydrogen (secondary N) is 1. The monoisotopic (exact) mass is 360 g/mol. The van der Waals surface area contributed by atoms with E-state index < -0.39 is 0 Å². The summed E-state index contributed by atoms with van der Waals surface area (Å²) in [7, 11) is 0. The van der Waals surface area contributed by atoms with E-state index in [0.717, 1.165) is 20.9 Å². The number of carbonyl (C=O) groups is 1. The maximum absolute atomic E-state index is 12.1. The summed E-state index contributed by atoms with van der Waals surface area (Å²) in [6, 6.07) is 15.0. The van der Waals surface area contributed by atoms with Crippen molar-refractivity contribution >= 4 is 49.9 Å². The molecular formula is C16H10BrClN2O. The molecule has 0 aliphatic carbocycles. The number of aromatic nitrogens is 1. The topological polar surface area (TPSA) is 42.0 Å². The molecule has 1 amide bonds. The minimum atomic E-state index is -0.212. The number of pyridine rings is 1. The van der Waals surface area contributed by atoms with Crippen molar-refractivity contribution in [2.75, 3.05) is 5.32 Å². The Bertz CT molecular complexity index is 818. The molecule has 2 aromatic carbocycles. The van der Waals surface area contributed by atoms with E-state index in [2.05, 4.69) is 26.2 Å². The number of nitrogens with zero attached hydrogens (tertiary/aromatic N) is 1. The number of amides is 1. The summed E-state index contributed by atoms with van der Waals surface area (Å²) in [5.74, 6) is -0.212. The molecular weight excluding hydrogens is 352 g/mol. The Morgan fingerprint density at radius 1 is 1.05 bits per heavy atom. The highest BCUT2D eigenvalue weighted by atomic mass is 79.9. The quantitative estimate of drug-likeness (QED) is 0.659. The minimum absolute atomic E-state index is 0.212. The highest BCUT2D eigenvalue weighted by Gasteiger charge is 2.07. The number of hydrogen-bond acceptors (Lipinski definition) is 2. The van der Waals surface area contributed by atoms with Crippen LogP contribution in [0, 0.1) is 0 Å². The molecule has 3 aromatic rings. The molecule has 1 heterocycles. The van der Waals surface area contributed by atoms with E-state index in [1.807, 2.05) is 36.4 Å². The molecule has 1 N–H and O–H groups in total. The van der Waals surface area contributed by atoms with Crippen LogP contribution < -0.4 is 5.32 Å². The van der Waals surface area contributed by atoms with Gasteiger partial charge in [0.2, 0.25) is 0 Å². The fourth-order valence-electron chi connectivity index (χ4n) is 2.01. The van der Waals surface area contributed by atoms with Gasteiger partial charge in [0, 0.05) is 16.4 Å². The molecule has 0 aliphatic rings. The van der Waals surface area contributed by atoms with Crippen molar-refractivity contribution in [1.29, 1.82) is 0 Å². The fraction of sp³-hybridized carbons (Fsp3) is 0. The molecule has 3 rings (SSSR count). The molecule has 0 atom stereocenters. The minimum Gasteiger partial charge on any atom is -0.322 e. The first-order valence-corrected chi connectivity index (χ1v) is 7.41. The van der Waals surface area contributed by atoms with Gasteiger partial charge in [-0.2, -0.15) is 0 Å². The van der Waals surface area contributed by atoms with Crippen LogP contribution in [0.3, 0.4) is 0 Å². The summed E-state index contributed by atoms with van der Waals surface area (Å²) < 4.78 is 1.03. The molecule has 1 aromatic heterocycles. The van der Waals surface area contributed by atoms with Gasteiger partial charge in [-0.15, -0.1) is 0 Å². The van der Waals surface area contributed by atoms with E-state index >= 15 is 0 Å². The van der Waals surface area contributed by atoms with Crippen molar-refractivity contribution in [2.45, 2.75) is 0 Å². The highest BCUT2D eigenvalue weighted by molar-refractivity contribution is 9.10. The van der Waals surface area contributed by atoms with Crippen molar-refractivity contribution in [3.63, 3.8) is 0 Å². The second kappa shape index (κ2) is 5.84. The van der Waals surface area contributed by atoms with Crippen LogP contribution in [-0.4, -0.2) is 10.9 Å². The van der Waals surface area contributed by atoms with Gasteiger partial charge < -0.3 is 5.32 Å². The van der Waals surface area contributed by atoms with Gasteiger partial charge in [-0.25, -0.2) is 4.98 Å². The van der Waals surface area contributed by atoms with Gasteiger partial charge in [-0.3, -0.25) is 4.79 Å². The number of halogens is 2. The van der Waals surface area contributed by atoms with Crippen LogP contribution >= 0.6 is 27.5 Å². The Balaban J connectivity index is 1.85. The summed E-state index contributed by atoms with van der Waals surface area (Å²) in [6.45, 7) is 0. The number of hydrogen-bond donors (Lipinski definition) is 1. The second-order valence-corrected chi connectivity index (χ2v) is 5.83. The summed E-state index contributed by atoms with van der Waals surface area (Å²) in [5, 5.41) is 5.38. The third-order valence-corrected chi connectivity index (χ3v) is 3.77. The van der Waals surface area contributed by atoms with E-state index in [4.69, 9.17) is 11.6 Å². The third-order valence-electron chi connectivity index (χ3n) is 3.05. The number of fused-ring (bicyclic) bond motifs is 1. The van der Waals surface area contributed by atoms with Gasteiger partial charge in [-0.1, -0.05) is 39.7 Å². The van der Waals surface area contributed by atoms with Crippen molar-refractivity contribution < 1.29 is 4.79 Å². The second-order valence-electron chi connectivity index (χ2n) is 4.53. The summed E-state index contributed by atoms with van der Waals surface area (Å²) in [4.78, 5) is 16.0. The van der Waals surface area contributed by atoms with Crippen LogP contribution in [0.1, 0.15) is 10.4 Å². The van der Waals surface area contributed by atoms with Crippen molar-refractivity contribution in [1.82, 2.24) is 4.98 Å². The fourth-order valence-corrected chi connectivity index (χ4v) is 2.50. The van der Waals surface area contributed by atoms with Crippen molar-refractivity contribution in [3.8, 4) is 0 Å². The molecule has 0 aliphatic heterocycles. The van der Waals surface area contributed by atoms with E-state index in [-0.39, 0.29) is 5.91 Å². The maximum Gasteiger partial charge on any atom is 0.257 e. The SMILES string of the molecule is O=C(Nc1ccc2cc(Br)ccc2c1)c1ccc(Cl)nc1. The number of carbonyl (C=O) groups excluding carboxylic acids is 1. The average Bonchev–Trinajstić information content (AvgIpc) is 2.48. The van der Waals surface area contributed by atoms with Gasteiger partial charge in [0.05, 0.1) is 5.56 Å². The van der Waals surface area contributed by atoms with Gasteiger partial charge in [-0.05, 0) is 47.2 Å². The van der Waals surface area contributed by atoms with Crippen molar-refractivity contribution in [3.05, 3.63) is 69.9 Å². The smallest absolute Gasteiger partial charge is 0.257 e. The van der Waals surface area contributed by atoms with Gasteiger partial charge in [0.25, 0.3) is 5.91 Å². The van der Waals surface area contributed by atoms with E-state index in [0.29, 0.717) is 10.7 Å². The average molecular weight is 362 g/mol. The lowest BCUT2D eigenvalue weighted by molar-refractivity contribution is 0.102. The highest BCUT2D eigenvalue weighted by Crippen LogP contribution is 2.23. The van der Waals surface area contributed by atoms with Crippen LogP contribution in [-0.2, 0) is 0 Å². The van der Waals surface area contributed by atoms with Crippen LogP contribution in [0.15, 0.2) is 59.2 Å². The molecule has 0 radical (unpaired) electrons. The van der Waals surface area contributed by atoms with E-state index in [9.17, 15) is 4.79 Å². The summed E-state index contributed by atoms with van der Waals surface area (Å²) in [5.41, 5.74) is 1.21. The van der Waals surface area contributed by atoms with Crippen LogP contribution in [0.25, 0.3) is 10.8 Å². The predicted molar refractivity (Wildman–Crippen MR) is 88.8 cm³/mol. The van der Waals surface area contributed by atoms with Gasteiger partial charge in [0.1, 0.15) is 5.15 Å². The maximum atomic E-state index is 12.1. The molecule has 0 spiro atoms. The van der Waals surface area contributed by atoms with Gasteiger partial charge in [0.15, 0.2) is 0 Å². The molecule has 21 heavy (non-hydrogen) atoms. The summed E-state index contributed by atoms with van der Waals surface area (Å²) >= 11 is 9.15. The zero-order valence-corrected chi connectivity index (χ0v) is 13.1. The van der Waals surface area contributed by atoms with Crippen molar-refractivity contribution in [2.24, 2.45) is 0 Å². The van der Waals surface area contributed by atoms with E-state index in [1.54, 1.807) is 12.1 Å². The number of rotatable bonds is 2. The Morgan fingerprint density at radius 2 is 1.81 bits per heavy atom. The molecule has 0 unspecified atom stereocenters. The first-order chi connectivity index (χ1) is 10.1. The lowest BCUT2D eigenvalue weighted by Crippen LogP contribution is -2.11. The normalized spacial score (nSPS) is 10.6. The zero-order chi connectivity index (χ0) is 14.8. The summed E-state index contributed by atoms with van der Waals surface area (Å²) in [6.07, 6.45) is 1.45. The van der Waals surface area contributed by atoms with Gasteiger partial charge >= 0.3 is 0 Å². The van der Waals surface area contributed by atoms with E-state index in [1.165, 1.54) is 6.20 Å². The first kappa shape index (κ1) is 14.0. The van der Waals surface area contributed by atoms with Crippen LogP contribution in [0.2, 0.25) is 5.15 Å². The Morgan fingerprint density at radius 3 is 2.57 bits per heavy atom. The standard InChI is InChI=1S/C16H10BrClN2O/c17-13-4-1-11-8-14(5-2-10(11)7-13)20-16(21)12-3-6-15(18)19-9-12/h1-9H,(H,20,21). The van der Waals surface area contributed by atoms with Crippen LogP contribution in [0.4, 0.5) is 5.69 Å². The predicted octanol–water partition coefficient (Wildman–Crippen LogP) is 4.90. The Hall–Kier alpha value is -1.91. The molecule has 104 valence electrons. The largest absolute Gasteiger partial charge is 0.322 e. The number of benzene rings is 2. The lowest BCUT2D eigenvalue weighted by atomic mass is 10.1. The molecule has 5 heteroatoms. The van der Waals surface area contributed by atoms with Crippen LogP contribution in [0.5, 0.6) is 0 Å². The number of anilines is 1. The molecule has 0 saturated carbocycles. The lowest BCUT2D eigenvalue weighted by Gasteiger charge is -2.07. The Kier molecular flexibility index (Phi) is 3.90. The Labute approximate surface area is 135 Å². The molecule has 0 fully saturated rings. The molecule has 3 nitrogen and oxygen atoms in total. The molecule has 0 bridgehead atoms.